The summed E-state index contributed by atoms with van der Waals surface area (Å²) in [7, 11) is -0.187. The van der Waals surface area contributed by atoms with Gasteiger partial charge in [0.05, 0.1) is 6.61 Å². The molecule has 6 nitrogen and oxygen atoms in total. The Kier molecular flexibility index (Phi) is 9.13. The molecule has 1 rings (SSSR count). The van der Waals surface area contributed by atoms with Gasteiger partial charge in [-0.15, -0.1) is 12.4 Å². The minimum absolute atomic E-state index is 0. The third-order valence-electron chi connectivity index (χ3n) is 3.19. The minimum Gasteiger partial charge on any atom is -0.383 e. The molecular formula is C11H26ClN3O3S. The molecule has 0 aromatic carbocycles. The van der Waals surface area contributed by atoms with Gasteiger partial charge in [0.1, 0.15) is 0 Å². The molecule has 1 atom stereocenters. The summed E-state index contributed by atoms with van der Waals surface area (Å²) in [4.78, 5) is 0. The van der Waals surface area contributed by atoms with Crippen LogP contribution in [-0.2, 0) is 14.9 Å². The molecule has 0 aliphatic carbocycles. The van der Waals surface area contributed by atoms with Gasteiger partial charge in [0.15, 0.2) is 0 Å². The normalized spacial score (nSPS) is 19.9. The quantitative estimate of drug-likeness (QED) is 0.700. The molecule has 1 aliphatic rings. The summed E-state index contributed by atoms with van der Waals surface area (Å²) >= 11 is 0. The number of methoxy groups -OCH3 is 1. The molecule has 0 saturated carbocycles. The first-order valence-electron chi connectivity index (χ1n) is 6.46. The van der Waals surface area contributed by atoms with Crippen LogP contribution in [-0.4, -0.2) is 70.0 Å². The summed E-state index contributed by atoms with van der Waals surface area (Å²) in [6, 6.07) is 0.0833. The predicted molar refractivity (Wildman–Crippen MR) is 78.9 cm³/mol. The van der Waals surface area contributed by atoms with Gasteiger partial charge in [-0.25, -0.2) is 0 Å². The molecule has 0 aromatic rings. The Bertz CT molecular complexity index is 334. The zero-order valence-corrected chi connectivity index (χ0v) is 13.6. The molecule has 0 amide bonds. The van der Waals surface area contributed by atoms with E-state index in [0.717, 1.165) is 25.9 Å². The van der Waals surface area contributed by atoms with Crippen LogP contribution in [0.2, 0.25) is 0 Å². The maximum Gasteiger partial charge on any atom is 0.282 e. The van der Waals surface area contributed by atoms with Crippen molar-refractivity contribution in [3.63, 3.8) is 0 Å². The van der Waals surface area contributed by atoms with Gasteiger partial charge in [-0.3, -0.25) is 0 Å². The van der Waals surface area contributed by atoms with E-state index in [4.69, 9.17) is 4.74 Å². The highest BCUT2D eigenvalue weighted by Crippen LogP contribution is 2.16. The van der Waals surface area contributed by atoms with Gasteiger partial charge >= 0.3 is 0 Å². The van der Waals surface area contributed by atoms with Gasteiger partial charge in [-0.2, -0.15) is 17.0 Å². The van der Waals surface area contributed by atoms with Crippen molar-refractivity contribution in [3.8, 4) is 0 Å². The van der Waals surface area contributed by atoms with Crippen molar-refractivity contribution in [3.05, 3.63) is 0 Å². The lowest BCUT2D eigenvalue weighted by molar-refractivity contribution is 0.181. The highest BCUT2D eigenvalue weighted by Gasteiger charge is 2.33. The van der Waals surface area contributed by atoms with E-state index in [-0.39, 0.29) is 18.4 Å². The number of nitrogens with zero attached hydrogens (tertiary/aromatic N) is 2. The standard InChI is InChI=1S/C11H25N3O3S.ClH/c1-4-7-14(11-5-6-12-10-11)18(15,16)13(2)8-9-17-3;/h11-12H,4-10H2,1-3H3;1H. The van der Waals surface area contributed by atoms with Crippen LogP contribution in [0.4, 0.5) is 0 Å². The largest absolute Gasteiger partial charge is 0.383 e. The monoisotopic (exact) mass is 315 g/mol. The second-order valence-electron chi connectivity index (χ2n) is 4.58. The van der Waals surface area contributed by atoms with Crippen LogP contribution in [0.3, 0.4) is 0 Å². The van der Waals surface area contributed by atoms with E-state index in [0.29, 0.717) is 19.7 Å². The van der Waals surface area contributed by atoms with Gasteiger partial charge in [-0.1, -0.05) is 6.92 Å². The maximum absolute atomic E-state index is 12.5. The summed E-state index contributed by atoms with van der Waals surface area (Å²) in [6.07, 6.45) is 1.71. The van der Waals surface area contributed by atoms with Crippen molar-refractivity contribution in [1.82, 2.24) is 13.9 Å². The number of hydrogen-bond acceptors (Lipinski definition) is 4. The molecule has 0 radical (unpaired) electrons. The smallest absolute Gasteiger partial charge is 0.282 e. The maximum atomic E-state index is 12.5. The summed E-state index contributed by atoms with van der Waals surface area (Å²) in [5.74, 6) is 0. The Balaban J connectivity index is 0.00000324. The molecule has 0 bridgehead atoms. The molecule has 1 fully saturated rings. The van der Waals surface area contributed by atoms with Crippen molar-refractivity contribution >= 4 is 22.6 Å². The minimum atomic E-state index is -3.37. The van der Waals surface area contributed by atoms with Crippen molar-refractivity contribution in [2.45, 2.75) is 25.8 Å². The Hall–Kier alpha value is 0.0800. The van der Waals surface area contributed by atoms with Gasteiger partial charge in [0.25, 0.3) is 10.2 Å². The molecule has 0 aromatic heterocycles. The van der Waals surface area contributed by atoms with Crippen molar-refractivity contribution < 1.29 is 13.2 Å². The fourth-order valence-corrected chi connectivity index (χ4v) is 3.74. The second kappa shape index (κ2) is 9.10. The van der Waals surface area contributed by atoms with E-state index in [1.807, 2.05) is 6.92 Å². The van der Waals surface area contributed by atoms with Gasteiger partial charge in [-0.05, 0) is 19.4 Å². The molecule has 19 heavy (non-hydrogen) atoms. The molecule has 1 aliphatic heterocycles. The Morgan fingerprint density at radius 1 is 1.37 bits per heavy atom. The first-order chi connectivity index (χ1) is 8.54. The molecule has 1 saturated heterocycles. The Morgan fingerprint density at radius 3 is 2.53 bits per heavy atom. The van der Waals surface area contributed by atoms with Crippen molar-refractivity contribution in [2.24, 2.45) is 0 Å². The summed E-state index contributed by atoms with van der Waals surface area (Å²) < 4.78 is 32.9. The van der Waals surface area contributed by atoms with Crippen LogP contribution in [0.15, 0.2) is 0 Å². The van der Waals surface area contributed by atoms with E-state index in [2.05, 4.69) is 5.32 Å². The van der Waals surface area contributed by atoms with E-state index in [1.165, 1.54) is 4.31 Å². The number of nitrogens with one attached hydrogen (secondary N) is 1. The fraction of sp³-hybridized carbons (Fsp3) is 1.00. The number of hydrogen-bond donors (Lipinski definition) is 1. The van der Waals surface area contributed by atoms with Crippen LogP contribution in [0.25, 0.3) is 0 Å². The van der Waals surface area contributed by atoms with Crippen LogP contribution in [0.5, 0.6) is 0 Å². The van der Waals surface area contributed by atoms with E-state index < -0.39 is 10.2 Å². The van der Waals surface area contributed by atoms with Crippen molar-refractivity contribution in [1.29, 1.82) is 0 Å². The van der Waals surface area contributed by atoms with Crippen LogP contribution < -0.4 is 5.32 Å². The van der Waals surface area contributed by atoms with E-state index in [9.17, 15) is 8.42 Å². The zero-order valence-electron chi connectivity index (χ0n) is 12.0. The number of rotatable bonds is 8. The topological polar surface area (TPSA) is 61.9 Å². The predicted octanol–water partition coefficient (Wildman–Crippen LogP) is 0.305. The number of halogens is 1. The first kappa shape index (κ1) is 19.1. The van der Waals surface area contributed by atoms with E-state index in [1.54, 1.807) is 18.5 Å². The molecule has 8 heteroatoms. The average molecular weight is 316 g/mol. The molecular weight excluding hydrogens is 290 g/mol. The van der Waals surface area contributed by atoms with Gasteiger partial charge in [0, 0.05) is 39.8 Å². The lowest BCUT2D eigenvalue weighted by Gasteiger charge is -2.31. The summed E-state index contributed by atoms with van der Waals surface area (Å²) in [6.45, 7) is 5.02. The number of likely N-dealkylation sites (N-methyl/N-ethyl adjacent to an activating group) is 1. The first-order valence-corrected chi connectivity index (χ1v) is 7.86. The molecule has 0 spiro atoms. The third kappa shape index (κ3) is 5.17. The Morgan fingerprint density at radius 2 is 2.05 bits per heavy atom. The molecule has 1 N–H and O–H groups in total. The van der Waals surface area contributed by atoms with Crippen LogP contribution in [0, 0.1) is 0 Å². The SMILES string of the molecule is CCCN(C1CCNC1)S(=O)(=O)N(C)CCOC.Cl. The lowest BCUT2D eigenvalue weighted by Crippen LogP contribution is -2.49. The lowest BCUT2D eigenvalue weighted by atomic mass is 10.2. The highest BCUT2D eigenvalue weighted by molar-refractivity contribution is 7.86. The van der Waals surface area contributed by atoms with Crippen molar-refractivity contribution in [2.75, 3.05) is 46.9 Å². The van der Waals surface area contributed by atoms with Crippen LogP contribution in [0.1, 0.15) is 19.8 Å². The zero-order chi connectivity index (χ0) is 13.6. The number of ether oxygens (including phenoxy) is 1. The molecule has 116 valence electrons. The summed E-state index contributed by atoms with van der Waals surface area (Å²) in [5, 5.41) is 3.22. The van der Waals surface area contributed by atoms with Crippen LogP contribution >= 0.6 is 12.4 Å². The average Bonchev–Trinajstić information content (AvgIpc) is 2.85. The second-order valence-corrected chi connectivity index (χ2v) is 6.57. The fourth-order valence-electron chi connectivity index (χ4n) is 2.11. The molecule has 1 heterocycles. The van der Waals surface area contributed by atoms with E-state index >= 15 is 0 Å². The highest BCUT2D eigenvalue weighted by atomic mass is 35.5. The van der Waals surface area contributed by atoms with Gasteiger partial charge in [0.2, 0.25) is 0 Å². The Labute approximate surface area is 123 Å². The third-order valence-corrected chi connectivity index (χ3v) is 5.23. The van der Waals surface area contributed by atoms with Gasteiger partial charge < -0.3 is 10.1 Å². The summed E-state index contributed by atoms with van der Waals surface area (Å²) in [5.41, 5.74) is 0. The molecule has 1 unspecified atom stereocenters.